The molecule has 0 radical (unpaired) electrons. The minimum absolute atomic E-state index is 0.0577. The zero-order chi connectivity index (χ0) is 14.0. The van der Waals surface area contributed by atoms with Gasteiger partial charge >= 0.3 is 0 Å². The van der Waals surface area contributed by atoms with Crippen LogP contribution in [0.3, 0.4) is 0 Å². The lowest BCUT2D eigenvalue weighted by Crippen LogP contribution is -2.37. The van der Waals surface area contributed by atoms with Crippen LogP contribution in [0.1, 0.15) is 45.3 Å². The van der Waals surface area contributed by atoms with E-state index in [0.717, 1.165) is 18.4 Å². The fraction of sp³-hybridized carbons (Fsp3) is 0.786. The van der Waals surface area contributed by atoms with Crippen molar-refractivity contribution >= 4 is 0 Å². The third kappa shape index (κ3) is 3.78. The van der Waals surface area contributed by atoms with E-state index in [-0.39, 0.29) is 30.5 Å². The molecule has 1 fully saturated rings. The summed E-state index contributed by atoms with van der Waals surface area (Å²) in [5.41, 5.74) is 7.12. The lowest BCUT2D eigenvalue weighted by Gasteiger charge is -2.35. The van der Waals surface area contributed by atoms with Crippen molar-refractivity contribution in [1.82, 2.24) is 9.78 Å². The van der Waals surface area contributed by atoms with Gasteiger partial charge in [-0.3, -0.25) is 4.68 Å². The number of aromatic nitrogens is 2. The van der Waals surface area contributed by atoms with Crippen LogP contribution in [0.5, 0.6) is 0 Å². The maximum Gasteiger partial charge on any atom is 0.101 e. The highest BCUT2D eigenvalue weighted by Crippen LogP contribution is 2.28. The molecule has 0 amide bonds. The van der Waals surface area contributed by atoms with Crippen LogP contribution in [0.4, 0.5) is 0 Å². The molecule has 2 heterocycles. The van der Waals surface area contributed by atoms with Crippen LogP contribution < -0.4 is 5.73 Å². The Bertz CT molecular complexity index is 395. The third-order valence-corrected chi connectivity index (χ3v) is 3.52. The predicted molar refractivity (Wildman–Crippen MR) is 73.7 cm³/mol. The van der Waals surface area contributed by atoms with Crippen molar-refractivity contribution in [1.29, 1.82) is 0 Å². The second-order valence-corrected chi connectivity index (χ2v) is 5.71. The lowest BCUT2D eigenvalue weighted by molar-refractivity contribution is -0.126. The quantitative estimate of drug-likeness (QED) is 0.903. The first-order valence-electron chi connectivity index (χ1n) is 7.00. The number of aryl methyl sites for hydroxylation is 1. The molecule has 5 heteroatoms. The first-order valence-corrected chi connectivity index (χ1v) is 7.00. The van der Waals surface area contributed by atoms with Gasteiger partial charge in [0.25, 0.3) is 0 Å². The van der Waals surface area contributed by atoms with E-state index in [1.54, 1.807) is 4.68 Å². The maximum absolute atomic E-state index is 6.23. The first-order chi connectivity index (χ1) is 8.95. The van der Waals surface area contributed by atoms with Crippen molar-refractivity contribution in [2.24, 2.45) is 12.8 Å². The standard InChI is InChI=1S/C14H25N3O2/c1-9-5-13(6-10(2)18-9)19-14(11(3)15)12-7-16-17(4)8-12/h7-11,13-14H,5-6,15H2,1-4H3. The number of hydrogen-bond donors (Lipinski definition) is 1. The second-order valence-electron chi connectivity index (χ2n) is 5.71. The average molecular weight is 267 g/mol. The molecule has 1 aliphatic heterocycles. The molecule has 4 unspecified atom stereocenters. The minimum Gasteiger partial charge on any atom is -0.375 e. The summed E-state index contributed by atoms with van der Waals surface area (Å²) in [5, 5.41) is 4.20. The number of nitrogens with zero attached hydrogens (tertiary/aromatic N) is 2. The highest BCUT2D eigenvalue weighted by Gasteiger charge is 2.29. The largest absolute Gasteiger partial charge is 0.375 e. The molecular formula is C14H25N3O2. The van der Waals surface area contributed by atoms with Crippen LogP contribution >= 0.6 is 0 Å². The van der Waals surface area contributed by atoms with Crippen molar-refractivity contribution in [3.8, 4) is 0 Å². The van der Waals surface area contributed by atoms with Gasteiger partial charge in [0.05, 0.1) is 24.5 Å². The SMILES string of the molecule is CC1CC(OC(c2cnn(C)c2)C(C)N)CC(C)O1. The molecule has 4 atom stereocenters. The molecule has 0 aromatic carbocycles. The summed E-state index contributed by atoms with van der Waals surface area (Å²) < 4.78 is 13.8. The molecule has 0 saturated carbocycles. The van der Waals surface area contributed by atoms with E-state index in [4.69, 9.17) is 15.2 Å². The summed E-state index contributed by atoms with van der Waals surface area (Å²) in [6.07, 6.45) is 6.25. The summed E-state index contributed by atoms with van der Waals surface area (Å²) in [6.45, 7) is 6.16. The van der Waals surface area contributed by atoms with E-state index < -0.39 is 0 Å². The molecule has 1 saturated heterocycles. The fourth-order valence-electron chi connectivity index (χ4n) is 2.76. The van der Waals surface area contributed by atoms with Crippen molar-refractivity contribution in [3.05, 3.63) is 18.0 Å². The van der Waals surface area contributed by atoms with Crippen LogP contribution in [0.2, 0.25) is 0 Å². The maximum atomic E-state index is 6.23. The van der Waals surface area contributed by atoms with E-state index in [1.165, 1.54) is 0 Å². The van der Waals surface area contributed by atoms with Crippen LogP contribution in [0.15, 0.2) is 12.4 Å². The van der Waals surface area contributed by atoms with Gasteiger partial charge in [0, 0.05) is 24.8 Å². The predicted octanol–water partition coefficient (Wildman–Crippen LogP) is 1.78. The molecule has 1 aliphatic rings. The van der Waals surface area contributed by atoms with Crippen LogP contribution in [-0.2, 0) is 16.5 Å². The van der Waals surface area contributed by atoms with Crippen molar-refractivity contribution in [2.45, 2.75) is 64.1 Å². The van der Waals surface area contributed by atoms with Gasteiger partial charge in [-0.1, -0.05) is 0 Å². The highest BCUT2D eigenvalue weighted by molar-refractivity contribution is 5.10. The Morgan fingerprint density at radius 2 is 2.05 bits per heavy atom. The second kappa shape index (κ2) is 6.03. The molecule has 108 valence electrons. The zero-order valence-corrected chi connectivity index (χ0v) is 12.2. The Hall–Kier alpha value is -0.910. The van der Waals surface area contributed by atoms with Crippen molar-refractivity contribution in [3.63, 3.8) is 0 Å². The number of hydrogen-bond acceptors (Lipinski definition) is 4. The van der Waals surface area contributed by atoms with E-state index in [9.17, 15) is 0 Å². The Labute approximate surface area is 115 Å². The summed E-state index contributed by atoms with van der Waals surface area (Å²) in [6, 6.07) is -0.0577. The topological polar surface area (TPSA) is 62.3 Å². The summed E-state index contributed by atoms with van der Waals surface area (Å²) >= 11 is 0. The lowest BCUT2D eigenvalue weighted by atomic mass is 10.0. The molecule has 0 aliphatic carbocycles. The van der Waals surface area contributed by atoms with Crippen molar-refractivity contribution in [2.75, 3.05) is 0 Å². The molecule has 2 N–H and O–H groups in total. The summed E-state index contributed by atoms with van der Waals surface area (Å²) in [4.78, 5) is 0. The molecule has 2 rings (SSSR count). The fourth-order valence-corrected chi connectivity index (χ4v) is 2.76. The normalized spacial score (nSPS) is 31.1. The minimum atomic E-state index is -0.101. The smallest absolute Gasteiger partial charge is 0.101 e. The molecule has 5 nitrogen and oxygen atoms in total. The Morgan fingerprint density at radius 1 is 1.42 bits per heavy atom. The Kier molecular flexibility index (Phi) is 4.60. The van der Waals surface area contributed by atoms with Gasteiger partial charge in [-0.25, -0.2) is 0 Å². The van der Waals surface area contributed by atoms with Gasteiger partial charge in [0.15, 0.2) is 0 Å². The molecule has 0 spiro atoms. The van der Waals surface area contributed by atoms with Gasteiger partial charge in [-0.2, -0.15) is 5.10 Å². The van der Waals surface area contributed by atoms with Crippen LogP contribution in [-0.4, -0.2) is 34.1 Å². The number of ether oxygens (including phenoxy) is 2. The van der Waals surface area contributed by atoms with Gasteiger partial charge in [0.2, 0.25) is 0 Å². The Morgan fingerprint density at radius 3 is 2.53 bits per heavy atom. The van der Waals surface area contributed by atoms with Gasteiger partial charge in [0.1, 0.15) is 6.10 Å². The van der Waals surface area contributed by atoms with E-state index in [1.807, 2.05) is 26.4 Å². The summed E-state index contributed by atoms with van der Waals surface area (Å²) in [7, 11) is 1.90. The van der Waals surface area contributed by atoms with Crippen molar-refractivity contribution < 1.29 is 9.47 Å². The first kappa shape index (κ1) is 14.5. The highest BCUT2D eigenvalue weighted by atomic mass is 16.5. The van der Waals surface area contributed by atoms with Crippen LogP contribution in [0.25, 0.3) is 0 Å². The molecule has 0 bridgehead atoms. The number of nitrogens with two attached hydrogens (primary N) is 1. The van der Waals surface area contributed by atoms with Crippen LogP contribution in [0, 0.1) is 0 Å². The average Bonchev–Trinajstić information content (AvgIpc) is 2.70. The zero-order valence-electron chi connectivity index (χ0n) is 12.2. The molecule has 19 heavy (non-hydrogen) atoms. The Balaban J connectivity index is 2.04. The number of rotatable bonds is 4. The van der Waals surface area contributed by atoms with Gasteiger partial charge in [-0.05, 0) is 33.6 Å². The van der Waals surface area contributed by atoms with E-state index >= 15 is 0 Å². The van der Waals surface area contributed by atoms with E-state index in [0.29, 0.717) is 0 Å². The monoisotopic (exact) mass is 267 g/mol. The van der Waals surface area contributed by atoms with Gasteiger partial charge < -0.3 is 15.2 Å². The summed E-state index contributed by atoms with van der Waals surface area (Å²) in [5.74, 6) is 0. The van der Waals surface area contributed by atoms with E-state index in [2.05, 4.69) is 18.9 Å². The third-order valence-electron chi connectivity index (χ3n) is 3.52. The molecule has 1 aromatic rings. The van der Waals surface area contributed by atoms with Gasteiger partial charge in [-0.15, -0.1) is 0 Å². The molecular weight excluding hydrogens is 242 g/mol. The molecule has 1 aromatic heterocycles.